The molecule has 0 saturated carbocycles. The van der Waals surface area contributed by atoms with Crippen molar-refractivity contribution < 1.29 is 24.2 Å². The van der Waals surface area contributed by atoms with E-state index in [2.05, 4.69) is 34.9 Å². The van der Waals surface area contributed by atoms with Gasteiger partial charge in [0.25, 0.3) is 0 Å². The van der Waals surface area contributed by atoms with Gasteiger partial charge >= 0.3 is 12.1 Å². The van der Waals surface area contributed by atoms with E-state index in [1.807, 2.05) is 80.4 Å². The first-order chi connectivity index (χ1) is 20.1. The number of fused-ring (bicyclic) bond motifs is 3. The topological polar surface area (TPSA) is 108 Å². The second kappa shape index (κ2) is 14.1. The second-order valence-corrected chi connectivity index (χ2v) is 11.8. The molecular formula is C34H41N3O5. The van der Waals surface area contributed by atoms with E-state index in [1.165, 1.54) is 22.3 Å². The van der Waals surface area contributed by atoms with Crippen molar-refractivity contribution in [2.45, 2.75) is 51.6 Å². The summed E-state index contributed by atoms with van der Waals surface area (Å²) >= 11 is 0. The molecule has 3 aromatic carbocycles. The highest BCUT2D eigenvalue weighted by Crippen LogP contribution is 2.44. The molecule has 222 valence electrons. The van der Waals surface area contributed by atoms with Gasteiger partial charge in [-0.2, -0.15) is 0 Å². The van der Waals surface area contributed by atoms with Gasteiger partial charge in [0.1, 0.15) is 12.6 Å². The maximum atomic E-state index is 12.6. The first kappa shape index (κ1) is 30.8. The molecule has 8 heteroatoms. The van der Waals surface area contributed by atoms with Crippen LogP contribution in [0.25, 0.3) is 11.1 Å². The van der Waals surface area contributed by atoms with Gasteiger partial charge in [-0.3, -0.25) is 9.69 Å². The minimum absolute atomic E-state index is 0.00542. The number of alkyl carbamates (subject to hydrolysis) is 1. The van der Waals surface area contributed by atoms with Crippen molar-refractivity contribution in [3.8, 4) is 11.1 Å². The molecule has 3 aromatic rings. The van der Waals surface area contributed by atoms with Crippen LogP contribution in [0.15, 0.2) is 78.9 Å². The summed E-state index contributed by atoms with van der Waals surface area (Å²) in [6, 6.07) is 25.2. The summed E-state index contributed by atoms with van der Waals surface area (Å²) in [6.07, 6.45) is 0.933. The molecular weight excluding hydrogens is 530 g/mol. The summed E-state index contributed by atoms with van der Waals surface area (Å²) in [5.74, 6) is -1.35. The number of nitrogens with zero attached hydrogens (tertiary/aromatic N) is 1. The fourth-order valence-corrected chi connectivity index (χ4v) is 5.45. The Kier molecular flexibility index (Phi) is 10.4. The molecule has 0 spiro atoms. The Morgan fingerprint density at radius 2 is 1.50 bits per heavy atom. The van der Waals surface area contributed by atoms with Crippen molar-refractivity contribution in [3.05, 3.63) is 95.6 Å². The number of rotatable bonds is 14. The molecule has 0 saturated heterocycles. The predicted molar refractivity (Wildman–Crippen MR) is 163 cm³/mol. The lowest BCUT2D eigenvalue weighted by Gasteiger charge is -2.26. The fourth-order valence-electron chi connectivity index (χ4n) is 5.45. The maximum absolute atomic E-state index is 12.6. The largest absolute Gasteiger partial charge is 0.480 e. The van der Waals surface area contributed by atoms with Gasteiger partial charge in [0.05, 0.1) is 0 Å². The maximum Gasteiger partial charge on any atom is 0.407 e. The number of hydrogen-bond donors (Lipinski definition) is 3. The summed E-state index contributed by atoms with van der Waals surface area (Å²) in [4.78, 5) is 38.8. The molecule has 1 atom stereocenters. The lowest BCUT2D eigenvalue weighted by molar-refractivity contribution is -0.142. The molecule has 0 fully saturated rings. The van der Waals surface area contributed by atoms with Crippen LogP contribution in [0.2, 0.25) is 0 Å². The minimum Gasteiger partial charge on any atom is -0.480 e. The Bertz CT molecular complexity index is 1330. The van der Waals surface area contributed by atoms with Crippen molar-refractivity contribution in [1.82, 2.24) is 15.5 Å². The van der Waals surface area contributed by atoms with E-state index in [1.54, 1.807) is 0 Å². The number of hydrogen-bond acceptors (Lipinski definition) is 5. The molecule has 0 radical (unpaired) electrons. The highest BCUT2D eigenvalue weighted by atomic mass is 16.5. The number of ether oxygens (including phenoxy) is 1. The third-order valence-corrected chi connectivity index (χ3v) is 7.87. The number of carbonyl (C=O) groups excluding carboxylic acids is 2. The molecule has 0 bridgehead atoms. The number of carboxylic acid groups (broad SMARTS) is 1. The fraction of sp³-hybridized carbons (Fsp3) is 0.382. The van der Waals surface area contributed by atoms with Crippen LogP contribution in [-0.4, -0.2) is 60.8 Å². The summed E-state index contributed by atoms with van der Waals surface area (Å²) in [5.41, 5.74) is 5.53. The molecule has 4 rings (SSSR count). The zero-order valence-electron chi connectivity index (χ0n) is 24.6. The number of carbonyl (C=O) groups is 3. The van der Waals surface area contributed by atoms with Gasteiger partial charge in [-0.25, -0.2) is 9.59 Å². The van der Waals surface area contributed by atoms with Gasteiger partial charge < -0.3 is 20.5 Å². The predicted octanol–water partition coefficient (Wildman–Crippen LogP) is 5.42. The van der Waals surface area contributed by atoms with E-state index < -0.39 is 18.1 Å². The van der Waals surface area contributed by atoms with Crippen molar-refractivity contribution in [2.75, 3.05) is 26.7 Å². The zero-order valence-corrected chi connectivity index (χ0v) is 24.6. The number of likely N-dealkylation sites (N-methyl/N-ethyl adjacent to an activating group) is 1. The molecule has 0 aliphatic heterocycles. The van der Waals surface area contributed by atoms with Gasteiger partial charge in [-0.15, -0.1) is 0 Å². The quantitative estimate of drug-likeness (QED) is 0.238. The van der Waals surface area contributed by atoms with E-state index in [0.29, 0.717) is 25.9 Å². The molecule has 0 aromatic heterocycles. The zero-order chi connectivity index (χ0) is 30.1. The average molecular weight is 572 g/mol. The third kappa shape index (κ3) is 8.42. The van der Waals surface area contributed by atoms with Crippen molar-refractivity contribution in [1.29, 1.82) is 0 Å². The first-order valence-corrected chi connectivity index (χ1v) is 14.5. The molecule has 3 N–H and O–H groups in total. The standard InChI is InChI=1S/C34H41N3O5/c1-34(2,18-17-31(38)36-30(32(39)40)22-37(3)21-24-11-5-4-6-12-24)19-20-35-33(41)42-23-29-27-15-9-7-13-25(27)26-14-8-10-16-28(26)29/h4-16,29-30H,17-23H2,1-3H3,(H,35,41)(H,36,38)(H,39,40). The van der Waals surface area contributed by atoms with Gasteiger partial charge in [-0.1, -0.05) is 92.7 Å². The third-order valence-electron chi connectivity index (χ3n) is 7.87. The Hall–Kier alpha value is -4.17. The summed E-state index contributed by atoms with van der Waals surface area (Å²) in [5, 5.41) is 15.2. The highest BCUT2D eigenvalue weighted by Gasteiger charge is 2.29. The molecule has 1 aliphatic rings. The van der Waals surface area contributed by atoms with Crippen LogP contribution in [0.4, 0.5) is 4.79 Å². The van der Waals surface area contributed by atoms with Crippen LogP contribution in [0.3, 0.4) is 0 Å². The smallest absolute Gasteiger partial charge is 0.407 e. The minimum atomic E-state index is -1.06. The molecule has 8 nitrogen and oxygen atoms in total. The normalized spacial score (nSPS) is 13.2. The Labute approximate surface area is 248 Å². The van der Waals surface area contributed by atoms with Crippen LogP contribution in [-0.2, 0) is 20.9 Å². The lowest BCUT2D eigenvalue weighted by Crippen LogP contribution is -2.47. The van der Waals surface area contributed by atoms with Gasteiger partial charge in [0.2, 0.25) is 5.91 Å². The van der Waals surface area contributed by atoms with Crippen molar-refractivity contribution in [2.24, 2.45) is 5.41 Å². The first-order valence-electron chi connectivity index (χ1n) is 14.5. The molecule has 1 aliphatic carbocycles. The van der Waals surface area contributed by atoms with E-state index >= 15 is 0 Å². The molecule has 42 heavy (non-hydrogen) atoms. The Morgan fingerprint density at radius 3 is 2.12 bits per heavy atom. The second-order valence-electron chi connectivity index (χ2n) is 11.8. The summed E-state index contributed by atoms with van der Waals surface area (Å²) in [6.45, 7) is 5.51. The molecule has 0 heterocycles. The van der Waals surface area contributed by atoms with Gasteiger partial charge in [0.15, 0.2) is 0 Å². The molecule has 1 unspecified atom stereocenters. The summed E-state index contributed by atoms with van der Waals surface area (Å²) < 4.78 is 5.61. The summed E-state index contributed by atoms with van der Waals surface area (Å²) in [7, 11) is 1.84. The number of amides is 2. The monoisotopic (exact) mass is 571 g/mol. The van der Waals surface area contributed by atoms with Crippen LogP contribution in [0.1, 0.15) is 55.7 Å². The van der Waals surface area contributed by atoms with Crippen molar-refractivity contribution in [3.63, 3.8) is 0 Å². The van der Waals surface area contributed by atoms with Gasteiger partial charge in [-0.05, 0) is 53.1 Å². The van der Waals surface area contributed by atoms with E-state index in [9.17, 15) is 19.5 Å². The van der Waals surface area contributed by atoms with E-state index in [-0.39, 0.29) is 36.8 Å². The van der Waals surface area contributed by atoms with Crippen LogP contribution in [0, 0.1) is 5.41 Å². The highest BCUT2D eigenvalue weighted by molar-refractivity contribution is 5.83. The molecule has 2 amide bonds. The lowest BCUT2D eigenvalue weighted by atomic mass is 9.84. The van der Waals surface area contributed by atoms with Crippen LogP contribution >= 0.6 is 0 Å². The SMILES string of the molecule is CN(Cc1ccccc1)CC(NC(=O)CCC(C)(C)CCNC(=O)OCC1c2ccccc2-c2ccccc21)C(=O)O. The van der Waals surface area contributed by atoms with Crippen LogP contribution in [0.5, 0.6) is 0 Å². The Morgan fingerprint density at radius 1 is 0.905 bits per heavy atom. The number of aliphatic carboxylic acids is 1. The number of nitrogens with one attached hydrogen (secondary N) is 2. The Balaban J connectivity index is 1.17. The average Bonchev–Trinajstić information content (AvgIpc) is 3.28. The van der Waals surface area contributed by atoms with Gasteiger partial charge in [0, 0.05) is 32.0 Å². The van der Waals surface area contributed by atoms with E-state index in [4.69, 9.17) is 4.74 Å². The van der Waals surface area contributed by atoms with Crippen molar-refractivity contribution >= 4 is 18.0 Å². The van der Waals surface area contributed by atoms with Crippen LogP contribution < -0.4 is 10.6 Å². The number of benzene rings is 3. The number of carboxylic acids is 1. The van der Waals surface area contributed by atoms with E-state index in [0.717, 1.165) is 5.56 Å².